The van der Waals surface area contributed by atoms with Gasteiger partial charge < -0.3 is 15.2 Å². The molecule has 0 saturated carbocycles. The number of nitrogens with zero attached hydrogens (tertiary/aromatic N) is 1. The zero-order chi connectivity index (χ0) is 13.7. The Bertz CT molecular complexity index is 461. The van der Waals surface area contributed by atoms with E-state index in [4.69, 9.17) is 9.84 Å². The normalized spacial score (nSPS) is 11.7. The standard InChI is InChI=1S/C11H14N2O5/c1-7(6-14)12-11(15)8-4-3-5-9(13(16)17)10(8)18-2/h3-5,7,14H,6H2,1-2H3,(H,12,15)/t7-/m1/s1. The Kier molecular flexibility index (Phi) is 4.61. The first kappa shape index (κ1) is 13.9. The maximum atomic E-state index is 11.8. The van der Waals surface area contributed by atoms with Gasteiger partial charge >= 0.3 is 5.69 Å². The maximum Gasteiger partial charge on any atom is 0.311 e. The van der Waals surface area contributed by atoms with Crippen LogP contribution >= 0.6 is 0 Å². The van der Waals surface area contributed by atoms with Crippen LogP contribution in [0, 0.1) is 10.1 Å². The summed E-state index contributed by atoms with van der Waals surface area (Å²) in [6, 6.07) is 3.64. The van der Waals surface area contributed by atoms with E-state index in [2.05, 4.69) is 5.32 Å². The van der Waals surface area contributed by atoms with Gasteiger partial charge in [0.25, 0.3) is 5.91 Å². The molecule has 0 radical (unpaired) electrons. The molecule has 7 nitrogen and oxygen atoms in total. The molecule has 18 heavy (non-hydrogen) atoms. The van der Waals surface area contributed by atoms with Gasteiger partial charge in [-0.15, -0.1) is 0 Å². The average Bonchev–Trinajstić information content (AvgIpc) is 2.37. The van der Waals surface area contributed by atoms with Gasteiger partial charge in [0, 0.05) is 12.1 Å². The molecule has 7 heteroatoms. The summed E-state index contributed by atoms with van der Waals surface area (Å²) in [6.07, 6.45) is 0. The number of para-hydroxylation sites is 1. The van der Waals surface area contributed by atoms with E-state index in [9.17, 15) is 14.9 Å². The van der Waals surface area contributed by atoms with Crippen LogP contribution in [-0.4, -0.2) is 35.7 Å². The number of benzene rings is 1. The Hall–Kier alpha value is -2.15. The van der Waals surface area contributed by atoms with Gasteiger partial charge in [-0.1, -0.05) is 6.07 Å². The number of amides is 1. The summed E-state index contributed by atoms with van der Waals surface area (Å²) in [5, 5.41) is 22.1. The number of nitro groups is 1. The highest BCUT2D eigenvalue weighted by molar-refractivity contribution is 5.98. The van der Waals surface area contributed by atoms with Crippen LogP contribution < -0.4 is 10.1 Å². The second-order valence-corrected chi connectivity index (χ2v) is 3.67. The highest BCUT2D eigenvalue weighted by Crippen LogP contribution is 2.30. The molecule has 0 aromatic heterocycles. The van der Waals surface area contributed by atoms with Crippen molar-refractivity contribution in [3.63, 3.8) is 0 Å². The molecule has 0 aliphatic heterocycles. The number of rotatable bonds is 5. The fraction of sp³-hybridized carbons (Fsp3) is 0.364. The number of aliphatic hydroxyl groups excluding tert-OH is 1. The molecular weight excluding hydrogens is 240 g/mol. The highest BCUT2D eigenvalue weighted by atomic mass is 16.6. The molecular formula is C11H14N2O5. The van der Waals surface area contributed by atoms with Crippen molar-refractivity contribution in [2.45, 2.75) is 13.0 Å². The fourth-order valence-electron chi connectivity index (χ4n) is 1.41. The van der Waals surface area contributed by atoms with E-state index in [1.54, 1.807) is 6.92 Å². The number of carbonyl (C=O) groups excluding carboxylic acids is 1. The van der Waals surface area contributed by atoms with E-state index in [1.165, 1.54) is 25.3 Å². The van der Waals surface area contributed by atoms with Crippen LogP contribution in [0.5, 0.6) is 5.75 Å². The Morgan fingerprint density at radius 3 is 2.78 bits per heavy atom. The molecule has 0 saturated heterocycles. The van der Waals surface area contributed by atoms with E-state index in [0.29, 0.717) is 0 Å². The van der Waals surface area contributed by atoms with Crippen LogP contribution in [-0.2, 0) is 0 Å². The van der Waals surface area contributed by atoms with Gasteiger partial charge in [0.2, 0.25) is 5.75 Å². The summed E-state index contributed by atoms with van der Waals surface area (Å²) in [6.45, 7) is 1.39. The van der Waals surface area contributed by atoms with Crippen molar-refractivity contribution in [1.29, 1.82) is 0 Å². The highest BCUT2D eigenvalue weighted by Gasteiger charge is 2.22. The topological polar surface area (TPSA) is 102 Å². The SMILES string of the molecule is COc1c(C(=O)N[C@H](C)CO)cccc1[N+](=O)[O-]. The van der Waals surface area contributed by atoms with E-state index in [0.717, 1.165) is 0 Å². The Balaban J connectivity index is 3.12. The van der Waals surface area contributed by atoms with Gasteiger partial charge in [-0.3, -0.25) is 14.9 Å². The van der Waals surface area contributed by atoms with Gasteiger partial charge in [0.05, 0.1) is 24.2 Å². The van der Waals surface area contributed by atoms with Gasteiger partial charge in [-0.25, -0.2) is 0 Å². The Morgan fingerprint density at radius 1 is 1.61 bits per heavy atom. The van der Waals surface area contributed by atoms with Gasteiger partial charge in [-0.05, 0) is 13.0 Å². The lowest BCUT2D eigenvalue weighted by Crippen LogP contribution is -2.35. The number of hydrogen-bond donors (Lipinski definition) is 2. The zero-order valence-corrected chi connectivity index (χ0v) is 10.0. The molecule has 2 N–H and O–H groups in total. The molecule has 0 heterocycles. The monoisotopic (exact) mass is 254 g/mol. The lowest BCUT2D eigenvalue weighted by molar-refractivity contribution is -0.385. The predicted molar refractivity (Wildman–Crippen MR) is 63.7 cm³/mol. The Labute approximate surface area is 104 Å². The minimum absolute atomic E-state index is 0.0620. The quantitative estimate of drug-likeness (QED) is 0.595. The molecule has 0 aliphatic rings. The summed E-state index contributed by atoms with van der Waals surface area (Å²) < 4.78 is 4.91. The molecule has 1 rings (SSSR count). The summed E-state index contributed by atoms with van der Waals surface area (Å²) in [4.78, 5) is 22.0. The van der Waals surface area contributed by atoms with Crippen LogP contribution in [0.15, 0.2) is 18.2 Å². The first-order chi connectivity index (χ1) is 8.51. The van der Waals surface area contributed by atoms with Crippen molar-refractivity contribution in [2.75, 3.05) is 13.7 Å². The summed E-state index contributed by atoms with van der Waals surface area (Å²) in [5.41, 5.74) is -0.214. The number of nitro benzene ring substituents is 1. The van der Waals surface area contributed by atoms with Crippen molar-refractivity contribution in [3.05, 3.63) is 33.9 Å². The number of hydrogen-bond acceptors (Lipinski definition) is 5. The third-order valence-corrected chi connectivity index (χ3v) is 2.29. The predicted octanol–water partition coefficient (Wildman–Crippen LogP) is 0.714. The first-order valence-corrected chi connectivity index (χ1v) is 5.24. The smallest absolute Gasteiger partial charge is 0.311 e. The molecule has 0 unspecified atom stereocenters. The van der Waals surface area contributed by atoms with Gasteiger partial charge in [-0.2, -0.15) is 0 Å². The van der Waals surface area contributed by atoms with Crippen LogP contribution in [0.1, 0.15) is 17.3 Å². The van der Waals surface area contributed by atoms with Crippen molar-refractivity contribution in [3.8, 4) is 5.75 Å². The second kappa shape index (κ2) is 5.97. The molecule has 1 aromatic rings. The number of carbonyl (C=O) groups is 1. The largest absolute Gasteiger partial charge is 0.490 e. The van der Waals surface area contributed by atoms with E-state index >= 15 is 0 Å². The van der Waals surface area contributed by atoms with Gasteiger partial charge in [0.15, 0.2) is 0 Å². The average molecular weight is 254 g/mol. The van der Waals surface area contributed by atoms with Crippen molar-refractivity contribution in [2.24, 2.45) is 0 Å². The van der Waals surface area contributed by atoms with E-state index in [1.807, 2.05) is 0 Å². The fourth-order valence-corrected chi connectivity index (χ4v) is 1.41. The zero-order valence-electron chi connectivity index (χ0n) is 10.0. The molecule has 98 valence electrons. The van der Waals surface area contributed by atoms with Crippen molar-refractivity contribution < 1.29 is 19.6 Å². The maximum absolute atomic E-state index is 11.8. The number of methoxy groups -OCH3 is 1. The third-order valence-electron chi connectivity index (χ3n) is 2.29. The van der Waals surface area contributed by atoms with Gasteiger partial charge in [0.1, 0.15) is 0 Å². The molecule has 0 spiro atoms. The van der Waals surface area contributed by atoms with Crippen molar-refractivity contribution >= 4 is 11.6 Å². The lowest BCUT2D eigenvalue weighted by atomic mass is 10.1. The number of aliphatic hydroxyl groups is 1. The minimum atomic E-state index is -0.620. The molecule has 1 aromatic carbocycles. The number of ether oxygens (including phenoxy) is 1. The molecule has 0 aliphatic carbocycles. The van der Waals surface area contributed by atoms with Crippen LogP contribution in [0.25, 0.3) is 0 Å². The van der Waals surface area contributed by atoms with Crippen molar-refractivity contribution in [1.82, 2.24) is 5.32 Å². The lowest BCUT2D eigenvalue weighted by Gasteiger charge is -2.12. The number of nitrogens with one attached hydrogen (secondary N) is 1. The van der Waals surface area contributed by atoms with Crippen LogP contribution in [0.3, 0.4) is 0 Å². The van der Waals surface area contributed by atoms with Crippen LogP contribution in [0.4, 0.5) is 5.69 Å². The summed E-state index contributed by atoms with van der Waals surface area (Å²) >= 11 is 0. The molecule has 0 bridgehead atoms. The first-order valence-electron chi connectivity index (χ1n) is 5.24. The summed E-state index contributed by atoms with van der Waals surface area (Å²) in [5.74, 6) is -0.623. The minimum Gasteiger partial charge on any atom is -0.490 e. The Morgan fingerprint density at radius 2 is 2.28 bits per heavy atom. The second-order valence-electron chi connectivity index (χ2n) is 3.67. The molecule has 0 fully saturated rings. The molecule has 1 amide bonds. The van der Waals surface area contributed by atoms with E-state index in [-0.39, 0.29) is 23.6 Å². The molecule has 1 atom stereocenters. The third kappa shape index (κ3) is 2.95. The van der Waals surface area contributed by atoms with E-state index < -0.39 is 16.9 Å². The summed E-state index contributed by atoms with van der Waals surface area (Å²) in [7, 11) is 1.26. The van der Waals surface area contributed by atoms with Crippen LogP contribution in [0.2, 0.25) is 0 Å².